The summed E-state index contributed by atoms with van der Waals surface area (Å²) in [6.45, 7) is 0. The van der Waals surface area contributed by atoms with Gasteiger partial charge in [0.05, 0.1) is 25.3 Å². The van der Waals surface area contributed by atoms with Crippen molar-refractivity contribution in [2.24, 2.45) is 0 Å². The Morgan fingerprint density at radius 2 is 1.28 bits per heavy atom. The minimum absolute atomic E-state index is 0.0145. The van der Waals surface area contributed by atoms with Crippen molar-refractivity contribution in [2.45, 2.75) is 12.2 Å². The van der Waals surface area contributed by atoms with Crippen LogP contribution in [0.1, 0.15) is 20.7 Å². The molecule has 3 aromatic rings. The molecule has 0 bridgehead atoms. The number of carboxylic acid groups (broad SMARTS) is 1. The summed E-state index contributed by atoms with van der Waals surface area (Å²) in [5.74, 6) is -4.19. The van der Waals surface area contributed by atoms with Gasteiger partial charge in [0.25, 0.3) is 5.91 Å². The molecule has 0 unspecified atom stereocenters. The molecule has 0 spiro atoms. The summed E-state index contributed by atoms with van der Waals surface area (Å²) < 4.78 is 20.5. The fourth-order valence-electron chi connectivity index (χ4n) is 3.01. The van der Waals surface area contributed by atoms with Crippen LogP contribution in [0, 0.1) is 0 Å². The number of nitrogens with one attached hydrogen (secondary N) is 1. The molecule has 3 rings (SSSR count). The maximum atomic E-state index is 13.1. The van der Waals surface area contributed by atoms with E-state index in [2.05, 4.69) is 10.3 Å². The van der Waals surface area contributed by atoms with E-state index in [0.29, 0.717) is 11.5 Å². The number of ether oxygens (including phenoxy) is 4. The molecule has 0 aliphatic heterocycles. The van der Waals surface area contributed by atoms with Crippen molar-refractivity contribution in [2.75, 3.05) is 19.5 Å². The largest absolute Gasteiger partial charge is 0.497 e. The third kappa shape index (κ3) is 6.56. The smallest absolute Gasteiger partial charge is 0.349 e. The van der Waals surface area contributed by atoms with Gasteiger partial charge in [-0.2, -0.15) is 0 Å². The number of amides is 1. The Kier molecular flexibility index (Phi) is 8.54. The van der Waals surface area contributed by atoms with Gasteiger partial charge in [-0.1, -0.05) is 12.1 Å². The molecule has 1 heterocycles. The summed E-state index contributed by atoms with van der Waals surface area (Å²) in [5, 5.41) is 12.3. The fraction of sp³-hybridized carbons (Fsp3) is 0.160. The number of pyridine rings is 1. The first-order valence-electron chi connectivity index (χ1n) is 10.5. The zero-order chi connectivity index (χ0) is 26.1. The third-order valence-corrected chi connectivity index (χ3v) is 4.80. The van der Waals surface area contributed by atoms with Crippen molar-refractivity contribution in [3.63, 3.8) is 0 Å². The van der Waals surface area contributed by atoms with E-state index in [-0.39, 0.29) is 16.8 Å². The van der Waals surface area contributed by atoms with Gasteiger partial charge in [0.1, 0.15) is 11.5 Å². The third-order valence-electron chi connectivity index (χ3n) is 4.80. The Morgan fingerprint density at radius 1 is 0.778 bits per heavy atom. The number of benzene rings is 2. The normalized spacial score (nSPS) is 11.9. The minimum atomic E-state index is -2.18. The lowest BCUT2D eigenvalue weighted by molar-refractivity contribution is -0.157. The average Bonchev–Trinajstić information content (AvgIpc) is 2.90. The van der Waals surface area contributed by atoms with Crippen LogP contribution in [0.3, 0.4) is 0 Å². The number of carboxylic acids is 1. The quantitative estimate of drug-likeness (QED) is 0.403. The summed E-state index contributed by atoms with van der Waals surface area (Å²) in [4.78, 5) is 54.5. The average molecular weight is 494 g/mol. The number of rotatable bonds is 10. The molecular weight excluding hydrogens is 472 g/mol. The van der Waals surface area contributed by atoms with Gasteiger partial charge in [-0.05, 0) is 48.5 Å². The highest BCUT2D eigenvalue weighted by Gasteiger charge is 2.41. The zero-order valence-corrected chi connectivity index (χ0v) is 19.2. The van der Waals surface area contributed by atoms with Gasteiger partial charge in [-0.3, -0.25) is 9.78 Å². The molecule has 11 heteroatoms. The van der Waals surface area contributed by atoms with Gasteiger partial charge in [0.2, 0.25) is 12.2 Å². The Morgan fingerprint density at radius 3 is 1.75 bits per heavy atom. The summed E-state index contributed by atoms with van der Waals surface area (Å²) in [7, 11) is 2.79. The van der Waals surface area contributed by atoms with Crippen LogP contribution in [0.2, 0.25) is 0 Å². The van der Waals surface area contributed by atoms with Crippen LogP contribution in [-0.2, 0) is 19.1 Å². The number of hydrogen-bond donors (Lipinski definition) is 2. The van der Waals surface area contributed by atoms with E-state index in [0.717, 1.165) is 0 Å². The van der Waals surface area contributed by atoms with E-state index in [1.54, 1.807) is 12.1 Å². The summed E-state index contributed by atoms with van der Waals surface area (Å²) >= 11 is 0. The Labute approximate surface area is 205 Å². The van der Waals surface area contributed by atoms with Crippen molar-refractivity contribution in [1.82, 2.24) is 4.98 Å². The number of aliphatic carboxylic acids is 1. The first kappa shape index (κ1) is 25.7. The standard InChI is InChI=1S/C25H22N2O9/c1-33-18-7-3-5-15(13-18)24(31)35-20(22(28)27-17-9-11-26-12-10-17)21(23(29)30)36-25(32)16-6-4-8-19(14-16)34-2/h3-14,20-21H,1-2H3,(H,29,30)(H,26,27,28)/t20-,21+/m0/s1. The molecule has 2 aromatic carbocycles. The molecule has 0 saturated carbocycles. The monoisotopic (exact) mass is 494 g/mol. The second-order valence-electron chi connectivity index (χ2n) is 7.18. The number of hydrogen-bond acceptors (Lipinski definition) is 9. The van der Waals surface area contributed by atoms with Gasteiger partial charge < -0.3 is 29.4 Å². The number of carbonyl (C=O) groups excluding carboxylic acids is 3. The lowest BCUT2D eigenvalue weighted by Gasteiger charge is -2.23. The summed E-state index contributed by atoms with van der Waals surface area (Å²) in [6.07, 6.45) is -1.45. The minimum Gasteiger partial charge on any atom is -0.497 e. The van der Waals surface area contributed by atoms with E-state index in [1.807, 2.05) is 0 Å². The van der Waals surface area contributed by atoms with Gasteiger partial charge in [-0.25, -0.2) is 14.4 Å². The highest BCUT2D eigenvalue weighted by atomic mass is 16.6. The number of carbonyl (C=O) groups is 4. The number of aromatic nitrogens is 1. The van der Waals surface area contributed by atoms with Crippen LogP contribution in [0.4, 0.5) is 5.69 Å². The molecule has 2 atom stereocenters. The lowest BCUT2D eigenvalue weighted by Crippen LogP contribution is -2.48. The highest BCUT2D eigenvalue weighted by molar-refractivity contribution is 6.01. The van der Waals surface area contributed by atoms with E-state index >= 15 is 0 Å². The number of anilines is 1. The molecule has 1 aromatic heterocycles. The summed E-state index contributed by atoms with van der Waals surface area (Å²) in [5.41, 5.74) is 0.202. The second kappa shape index (κ2) is 12.0. The molecule has 2 N–H and O–H groups in total. The van der Waals surface area contributed by atoms with Crippen molar-refractivity contribution in [3.8, 4) is 11.5 Å². The van der Waals surface area contributed by atoms with E-state index in [9.17, 15) is 24.3 Å². The molecule has 0 fully saturated rings. The first-order valence-corrected chi connectivity index (χ1v) is 10.5. The van der Waals surface area contributed by atoms with Crippen molar-refractivity contribution in [1.29, 1.82) is 0 Å². The van der Waals surface area contributed by atoms with Crippen molar-refractivity contribution in [3.05, 3.63) is 84.2 Å². The topological polar surface area (TPSA) is 150 Å². The van der Waals surface area contributed by atoms with Crippen molar-refractivity contribution >= 4 is 29.5 Å². The second-order valence-corrected chi connectivity index (χ2v) is 7.18. The summed E-state index contributed by atoms with van der Waals surface area (Å²) in [6, 6.07) is 14.5. The van der Waals surface area contributed by atoms with Gasteiger partial charge in [0, 0.05) is 18.1 Å². The first-order chi connectivity index (χ1) is 17.3. The molecular formula is C25H22N2O9. The van der Waals surface area contributed by atoms with Crippen LogP contribution in [0.15, 0.2) is 73.1 Å². The zero-order valence-electron chi connectivity index (χ0n) is 19.2. The predicted octanol–water partition coefficient (Wildman–Crippen LogP) is 2.57. The molecule has 36 heavy (non-hydrogen) atoms. The molecule has 0 radical (unpaired) electrons. The van der Waals surface area contributed by atoms with Crippen LogP contribution >= 0.6 is 0 Å². The van der Waals surface area contributed by atoms with Crippen LogP contribution in [-0.4, -0.2) is 60.3 Å². The van der Waals surface area contributed by atoms with Gasteiger partial charge in [-0.15, -0.1) is 0 Å². The maximum Gasteiger partial charge on any atom is 0.349 e. The highest BCUT2D eigenvalue weighted by Crippen LogP contribution is 2.19. The molecule has 1 amide bonds. The van der Waals surface area contributed by atoms with E-state index in [1.165, 1.54) is 75.1 Å². The van der Waals surface area contributed by atoms with E-state index < -0.39 is 36.0 Å². The predicted molar refractivity (Wildman–Crippen MR) is 125 cm³/mol. The van der Waals surface area contributed by atoms with Gasteiger partial charge in [0.15, 0.2) is 0 Å². The number of methoxy groups -OCH3 is 2. The SMILES string of the molecule is COc1cccc(C(=O)O[C@H](C(=O)Nc2ccncc2)[C@@H](OC(=O)c2cccc(OC)c2)C(=O)O)c1. The molecule has 0 aliphatic rings. The Hall–Kier alpha value is -4.93. The molecule has 11 nitrogen and oxygen atoms in total. The van der Waals surface area contributed by atoms with Crippen LogP contribution in [0.25, 0.3) is 0 Å². The Bertz CT molecular complexity index is 1250. The number of nitrogens with zero attached hydrogens (tertiary/aromatic N) is 1. The molecule has 186 valence electrons. The van der Waals surface area contributed by atoms with Crippen LogP contribution < -0.4 is 14.8 Å². The molecule has 0 aliphatic carbocycles. The van der Waals surface area contributed by atoms with Gasteiger partial charge >= 0.3 is 17.9 Å². The fourth-order valence-corrected chi connectivity index (χ4v) is 3.01. The molecule has 0 saturated heterocycles. The van der Waals surface area contributed by atoms with Crippen LogP contribution in [0.5, 0.6) is 11.5 Å². The van der Waals surface area contributed by atoms with Crippen molar-refractivity contribution < 1.29 is 43.2 Å². The lowest BCUT2D eigenvalue weighted by atomic mass is 10.1. The van der Waals surface area contributed by atoms with E-state index in [4.69, 9.17) is 18.9 Å². The number of esters is 2. The maximum absolute atomic E-state index is 13.1. The Balaban J connectivity index is 1.91.